The molecule has 2 aromatic heterocycles. The molecule has 1 saturated heterocycles. The van der Waals surface area contributed by atoms with Crippen LogP contribution in [0.15, 0.2) is 43.1 Å². The molecule has 3 heterocycles. The number of aromatic nitrogens is 3. The molecule has 1 aliphatic heterocycles. The second-order valence-corrected chi connectivity index (χ2v) is 5.93. The van der Waals surface area contributed by atoms with Crippen molar-refractivity contribution < 1.29 is 9.53 Å². The number of nitrogens with zero attached hydrogens (tertiary/aromatic N) is 4. The number of hydrogen-bond donors (Lipinski definition) is 0. The second kappa shape index (κ2) is 7.37. The van der Waals surface area contributed by atoms with Crippen molar-refractivity contribution in [3.05, 3.63) is 48.8 Å². The highest BCUT2D eigenvalue weighted by Gasteiger charge is 2.36. The van der Waals surface area contributed by atoms with Crippen molar-refractivity contribution in [2.45, 2.75) is 18.9 Å². The molecule has 2 atom stereocenters. The first-order valence-electron chi connectivity index (χ1n) is 7.91. The molecule has 6 heteroatoms. The molecule has 0 N–H and O–H groups in total. The van der Waals surface area contributed by atoms with E-state index in [0.717, 1.165) is 12.2 Å². The fraction of sp³-hybridized carbons (Fsp3) is 0.471. The molecule has 0 spiro atoms. The fourth-order valence-corrected chi connectivity index (χ4v) is 3.19. The Labute approximate surface area is 136 Å². The predicted octanol–water partition coefficient (Wildman–Crippen LogP) is 1.56. The van der Waals surface area contributed by atoms with E-state index in [0.29, 0.717) is 32.0 Å². The summed E-state index contributed by atoms with van der Waals surface area (Å²) in [6.07, 6.45) is 7.64. The Hall–Kier alpha value is -2.21. The number of methoxy groups -OCH3 is 1. The maximum absolute atomic E-state index is 12.5. The molecule has 1 fully saturated rings. The quantitative estimate of drug-likeness (QED) is 0.812. The molecule has 0 bridgehead atoms. The van der Waals surface area contributed by atoms with Gasteiger partial charge in [-0.25, -0.2) is 4.98 Å². The molecule has 0 saturated carbocycles. The third-order valence-corrected chi connectivity index (χ3v) is 4.39. The highest BCUT2D eigenvalue weighted by atomic mass is 16.5. The average molecular weight is 314 g/mol. The molecule has 6 nitrogen and oxygen atoms in total. The lowest BCUT2D eigenvalue weighted by Gasteiger charge is -2.16. The standard InChI is InChI=1S/C17H22N4O2/c1-23-12-14-10-21(11-15(14)16-4-2-3-6-19-16)17(22)5-8-20-9-7-18-13-20/h2-4,6-7,9,13-15H,5,8,10-12H2,1H3/t14-,15+/m0/s1. The van der Waals surface area contributed by atoms with E-state index in [-0.39, 0.29) is 11.8 Å². The van der Waals surface area contributed by atoms with Crippen LogP contribution in [0.4, 0.5) is 0 Å². The second-order valence-electron chi connectivity index (χ2n) is 5.93. The zero-order valence-corrected chi connectivity index (χ0v) is 13.3. The SMILES string of the molecule is COC[C@@H]1CN(C(=O)CCn2ccnc2)C[C@H]1c1ccccn1. The van der Waals surface area contributed by atoms with E-state index < -0.39 is 0 Å². The van der Waals surface area contributed by atoms with Crippen LogP contribution in [0.5, 0.6) is 0 Å². The fourth-order valence-electron chi connectivity index (χ4n) is 3.19. The summed E-state index contributed by atoms with van der Waals surface area (Å²) in [5.41, 5.74) is 1.04. The van der Waals surface area contributed by atoms with Crippen LogP contribution in [0.3, 0.4) is 0 Å². The van der Waals surface area contributed by atoms with Crippen molar-refractivity contribution in [1.29, 1.82) is 0 Å². The van der Waals surface area contributed by atoms with Crippen molar-refractivity contribution in [2.75, 3.05) is 26.8 Å². The maximum Gasteiger partial charge on any atom is 0.224 e. The van der Waals surface area contributed by atoms with Crippen LogP contribution in [0.1, 0.15) is 18.0 Å². The van der Waals surface area contributed by atoms with Gasteiger partial charge in [0.1, 0.15) is 0 Å². The number of imidazole rings is 1. The lowest BCUT2D eigenvalue weighted by Crippen LogP contribution is -2.30. The van der Waals surface area contributed by atoms with E-state index in [1.807, 2.05) is 40.1 Å². The van der Waals surface area contributed by atoms with Crippen LogP contribution in [0.25, 0.3) is 0 Å². The Kier molecular flexibility index (Phi) is 5.02. The Morgan fingerprint density at radius 2 is 2.26 bits per heavy atom. The largest absolute Gasteiger partial charge is 0.384 e. The molecule has 0 aromatic carbocycles. The molecule has 23 heavy (non-hydrogen) atoms. The molecule has 1 aliphatic rings. The molecule has 0 aliphatic carbocycles. The van der Waals surface area contributed by atoms with E-state index in [1.165, 1.54) is 0 Å². The van der Waals surface area contributed by atoms with Crippen molar-refractivity contribution in [3.63, 3.8) is 0 Å². The summed E-state index contributed by atoms with van der Waals surface area (Å²) < 4.78 is 7.27. The molecular formula is C17H22N4O2. The van der Waals surface area contributed by atoms with Gasteiger partial charge in [-0.2, -0.15) is 0 Å². The molecule has 0 unspecified atom stereocenters. The van der Waals surface area contributed by atoms with E-state index in [4.69, 9.17) is 4.74 Å². The van der Waals surface area contributed by atoms with Crippen molar-refractivity contribution in [3.8, 4) is 0 Å². The van der Waals surface area contributed by atoms with Crippen LogP contribution >= 0.6 is 0 Å². The lowest BCUT2D eigenvalue weighted by atomic mass is 9.93. The molecular weight excluding hydrogens is 292 g/mol. The Morgan fingerprint density at radius 3 is 2.96 bits per heavy atom. The summed E-state index contributed by atoms with van der Waals surface area (Å²) in [5, 5.41) is 0. The van der Waals surface area contributed by atoms with Gasteiger partial charge >= 0.3 is 0 Å². The number of carbonyl (C=O) groups is 1. The van der Waals surface area contributed by atoms with Gasteiger partial charge in [0.25, 0.3) is 0 Å². The summed E-state index contributed by atoms with van der Waals surface area (Å²) in [6, 6.07) is 5.94. The van der Waals surface area contributed by atoms with Crippen molar-refractivity contribution >= 4 is 5.91 Å². The smallest absolute Gasteiger partial charge is 0.224 e. The van der Waals surface area contributed by atoms with Gasteiger partial charge in [0, 0.05) is 69.3 Å². The highest BCUT2D eigenvalue weighted by Crippen LogP contribution is 2.32. The van der Waals surface area contributed by atoms with Crippen LogP contribution in [-0.4, -0.2) is 52.1 Å². The minimum absolute atomic E-state index is 0.179. The number of hydrogen-bond acceptors (Lipinski definition) is 4. The normalized spacial score (nSPS) is 20.8. The first-order valence-corrected chi connectivity index (χ1v) is 7.91. The van der Waals surface area contributed by atoms with Gasteiger partial charge in [-0.1, -0.05) is 6.07 Å². The van der Waals surface area contributed by atoms with Crippen molar-refractivity contribution in [2.24, 2.45) is 5.92 Å². The van der Waals surface area contributed by atoms with Gasteiger partial charge < -0.3 is 14.2 Å². The van der Waals surface area contributed by atoms with Gasteiger partial charge in [-0.05, 0) is 12.1 Å². The minimum atomic E-state index is 0.179. The van der Waals surface area contributed by atoms with E-state index in [2.05, 4.69) is 9.97 Å². The highest BCUT2D eigenvalue weighted by molar-refractivity contribution is 5.76. The average Bonchev–Trinajstić information content (AvgIpc) is 3.23. The topological polar surface area (TPSA) is 60.2 Å². The number of pyridine rings is 1. The summed E-state index contributed by atoms with van der Waals surface area (Å²) in [5.74, 6) is 0.721. The van der Waals surface area contributed by atoms with Gasteiger partial charge in [-0.15, -0.1) is 0 Å². The van der Waals surface area contributed by atoms with Crippen LogP contribution in [0, 0.1) is 5.92 Å². The van der Waals surface area contributed by atoms with Gasteiger partial charge in [-0.3, -0.25) is 9.78 Å². The number of carbonyl (C=O) groups excluding carboxylic acids is 1. The summed E-state index contributed by atoms with van der Waals surface area (Å²) in [7, 11) is 1.71. The minimum Gasteiger partial charge on any atom is -0.384 e. The first-order chi connectivity index (χ1) is 11.3. The zero-order chi connectivity index (χ0) is 16.1. The molecule has 1 amide bonds. The first kappa shape index (κ1) is 15.7. The van der Waals surface area contributed by atoms with Crippen molar-refractivity contribution in [1.82, 2.24) is 19.4 Å². The Bertz CT molecular complexity index is 615. The number of likely N-dealkylation sites (tertiary alicyclic amines) is 1. The lowest BCUT2D eigenvalue weighted by molar-refractivity contribution is -0.130. The number of aryl methyl sites for hydroxylation is 1. The predicted molar refractivity (Wildman–Crippen MR) is 85.8 cm³/mol. The van der Waals surface area contributed by atoms with Gasteiger partial charge in [0.15, 0.2) is 0 Å². The number of amides is 1. The van der Waals surface area contributed by atoms with Gasteiger partial charge in [0.2, 0.25) is 5.91 Å². The zero-order valence-electron chi connectivity index (χ0n) is 13.3. The third-order valence-electron chi connectivity index (χ3n) is 4.39. The molecule has 0 radical (unpaired) electrons. The monoisotopic (exact) mass is 314 g/mol. The number of rotatable bonds is 6. The summed E-state index contributed by atoms with van der Waals surface area (Å²) >= 11 is 0. The van der Waals surface area contributed by atoms with E-state index in [9.17, 15) is 4.79 Å². The van der Waals surface area contributed by atoms with E-state index in [1.54, 1.807) is 19.6 Å². The van der Waals surface area contributed by atoms with Crippen LogP contribution in [0.2, 0.25) is 0 Å². The van der Waals surface area contributed by atoms with E-state index >= 15 is 0 Å². The molecule has 2 aromatic rings. The van der Waals surface area contributed by atoms with Crippen LogP contribution < -0.4 is 0 Å². The number of ether oxygens (including phenoxy) is 1. The Balaban J connectivity index is 1.63. The molecule has 3 rings (SSSR count). The van der Waals surface area contributed by atoms with Gasteiger partial charge in [0.05, 0.1) is 12.9 Å². The summed E-state index contributed by atoms with van der Waals surface area (Å²) in [6.45, 7) is 2.76. The Morgan fingerprint density at radius 1 is 1.35 bits per heavy atom. The molecule has 122 valence electrons. The summed E-state index contributed by atoms with van der Waals surface area (Å²) in [4.78, 5) is 22.9. The van der Waals surface area contributed by atoms with Crippen LogP contribution in [-0.2, 0) is 16.1 Å². The maximum atomic E-state index is 12.5. The third kappa shape index (κ3) is 3.76.